The van der Waals surface area contributed by atoms with Crippen LogP contribution in [0.4, 0.5) is 4.39 Å². The number of fused-ring (bicyclic) bond motifs is 5. The highest BCUT2D eigenvalue weighted by Gasteiger charge is 2.59. The van der Waals surface area contributed by atoms with Gasteiger partial charge in [-0.05, 0) is 106 Å². The van der Waals surface area contributed by atoms with E-state index in [2.05, 4.69) is 26.8 Å². The number of hydrogen-bond acceptors (Lipinski definition) is 2. The molecule has 0 amide bonds. The Balaban J connectivity index is 1.45. The Morgan fingerprint density at radius 2 is 1.94 bits per heavy atom. The molecule has 0 radical (unpaired) electrons. The van der Waals surface area contributed by atoms with Gasteiger partial charge in [-0.3, -0.25) is 4.79 Å². The first-order valence-electron chi connectivity index (χ1n) is 13.5. The molecule has 0 aliphatic heterocycles. The Labute approximate surface area is 196 Å². The van der Waals surface area contributed by atoms with Crippen LogP contribution in [0.1, 0.15) is 112 Å². The summed E-state index contributed by atoms with van der Waals surface area (Å²) >= 11 is 0. The molecular formula is C29H47FO2. The molecule has 0 aromatic rings. The van der Waals surface area contributed by atoms with Crippen LogP contribution in [0.15, 0.2) is 11.6 Å². The number of carbonyl (C=O) groups is 1. The molecule has 0 aromatic carbocycles. The summed E-state index contributed by atoms with van der Waals surface area (Å²) in [6, 6.07) is 0. The van der Waals surface area contributed by atoms with Gasteiger partial charge in [-0.25, -0.2) is 4.39 Å². The minimum Gasteiger partial charge on any atom is -0.462 e. The summed E-state index contributed by atoms with van der Waals surface area (Å²) in [5, 5.41) is 0. The molecule has 3 saturated carbocycles. The molecule has 0 heterocycles. The maximum Gasteiger partial charge on any atom is 0.302 e. The quantitative estimate of drug-likeness (QED) is 0.305. The van der Waals surface area contributed by atoms with Crippen LogP contribution >= 0.6 is 0 Å². The fourth-order valence-electron chi connectivity index (χ4n) is 8.98. The Bertz CT molecular complexity index is 736. The molecule has 2 nitrogen and oxygen atoms in total. The first-order valence-corrected chi connectivity index (χ1v) is 13.5. The number of rotatable bonds is 6. The molecule has 0 bridgehead atoms. The van der Waals surface area contributed by atoms with Crippen molar-refractivity contribution in [1.29, 1.82) is 0 Å². The van der Waals surface area contributed by atoms with Gasteiger partial charge in [0.1, 0.15) is 11.8 Å². The molecule has 4 aliphatic carbocycles. The highest BCUT2D eigenvalue weighted by Crippen LogP contribution is 2.67. The molecule has 8 atom stereocenters. The molecular weight excluding hydrogens is 399 g/mol. The van der Waals surface area contributed by atoms with E-state index in [1.807, 2.05) is 0 Å². The molecule has 0 aromatic heterocycles. The number of esters is 1. The van der Waals surface area contributed by atoms with Gasteiger partial charge in [0.25, 0.3) is 0 Å². The molecule has 0 unspecified atom stereocenters. The van der Waals surface area contributed by atoms with Gasteiger partial charge in [-0.1, -0.05) is 45.3 Å². The van der Waals surface area contributed by atoms with Crippen molar-refractivity contribution in [2.45, 2.75) is 124 Å². The van der Waals surface area contributed by atoms with Crippen LogP contribution in [0.3, 0.4) is 0 Å². The molecule has 4 rings (SSSR count). The van der Waals surface area contributed by atoms with E-state index < -0.39 is 5.67 Å². The lowest BCUT2D eigenvalue weighted by Crippen LogP contribution is -2.51. The van der Waals surface area contributed by atoms with E-state index in [-0.39, 0.29) is 12.1 Å². The van der Waals surface area contributed by atoms with Crippen LogP contribution in [0.5, 0.6) is 0 Å². The second kappa shape index (κ2) is 8.73. The van der Waals surface area contributed by atoms with E-state index >= 15 is 0 Å². The smallest absolute Gasteiger partial charge is 0.302 e. The maximum absolute atomic E-state index is 14.0. The standard InChI is InChI=1S/C29H47FO2/c1-19(8-7-15-27(3,4)30)24-11-12-25-23-10-9-21-18-22(32-20(2)31)13-16-28(21,5)26(23)14-17-29(24,25)6/h9,19,22-26H,7-8,10-18H2,1-6H3/t19-,22+,23+,24-,25+,26+,28+,29-/m1/s1. The fourth-order valence-corrected chi connectivity index (χ4v) is 8.98. The molecule has 182 valence electrons. The molecule has 4 aliphatic rings. The summed E-state index contributed by atoms with van der Waals surface area (Å²) in [7, 11) is 0. The summed E-state index contributed by atoms with van der Waals surface area (Å²) < 4.78 is 19.6. The van der Waals surface area contributed by atoms with Gasteiger partial charge < -0.3 is 4.74 Å². The predicted molar refractivity (Wildman–Crippen MR) is 129 cm³/mol. The van der Waals surface area contributed by atoms with Gasteiger partial charge in [0.05, 0.1) is 0 Å². The van der Waals surface area contributed by atoms with Crippen LogP contribution in [-0.4, -0.2) is 17.7 Å². The van der Waals surface area contributed by atoms with Crippen LogP contribution in [0, 0.1) is 40.4 Å². The Hall–Kier alpha value is -0.860. The largest absolute Gasteiger partial charge is 0.462 e. The summed E-state index contributed by atoms with van der Waals surface area (Å²) in [6.45, 7) is 12.6. The van der Waals surface area contributed by atoms with Crippen LogP contribution < -0.4 is 0 Å². The normalized spacial score (nSPS) is 42.3. The topological polar surface area (TPSA) is 26.3 Å². The number of alkyl halides is 1. The van der Waals surface area contributed by atoms with E-state index in [4.69, 9.17) is 4.74 Å². The summed E-state index contributed by atoms with van der Waals surface area (Å²) in [5.41, 5.74) is 1.31. The lowest BCUT2D eigenvalue weighted by Gasteiger charge is -2.58. The van der Waals surface area contributed by atoms with Crippen molar-refractivity contribution in [3.05, 3.63) is 11.6 Å². The third kappa shape index (κ3) is 4.43. The van der Waals surface area contributed by atoms with Crippen molar-refractivity contribution < 1.29 is 13.9 Å². The van der Waals surface area contributed by atoms with Crippen molar-refractivity contribution in [1.82, 2.24) is 0 Å². The third-order valence-corrected chi connectivity index (χ3v) is 10.6. The summed E-state index contributed by atoms with van der Waals surface area (Å²) in [5.74, 6) is 3.81. The van der Waals surface area contributed by atoms with Gasteiger partial charge >= 0.3 is 5.97 Å². The first kappa shape index (κ1) is 24.3. The van der Waals surface area contributed by atoms with Crippen LogP contribution in [0.25, 0.3) is 0 Å². The number of hydrogen-bond donors (Lipinski definition) is 0. The Morgan fingerprint density at radius 1 is 1.19 bits per heavy atom. The van der Waals surface area contributed by atoms with Gasteiger partial charge in [0.15, 0.2) is 0 Å². The van der Waals surface area contributed by atoms with Crippen molar-refractivity contribution in [2.75, 3.05) is 0 Å². The predicted octanol–water partition coefficient (Wildman–Crippen LogP) is 8.05. The number of carbonyl (C=O) groups excluding carboxylic acids is 1. The van der Waals surface area contributed by atoms with Gasteiger partial charge in [0.2, 0.25) is 0 Å². The van der Waals surface area contributed by atoms with Gasteiger partial charge in [-0.2, -0.15) is 0 Å². The third-order valence-electron chi connectivity index (χ3n) is 10.6. The van der Waals surface area contributed by atoms with Crippen molar-refractivity contribution in [3.63, 3.8) is 0 Å². The van der Waals surface area contributed by atoms with E-state index in [9.17, 15) is 9.18 Å². The van der Waals surface area contributed by atoms with E-state index in [1.165, 1.54) is 51.9 Å². The highest BCUT2D eigenvalue weighted by molar-refractivity contribution is 5.66. The lowest BCUT2D eigenvalue weighted by atomic mass is 9.47. The fraction of sp³-hybridized carbons (Fsp3) is 0.897. The Morgan fingerprint density at radius 3 is 2.62 bits per heavy atom. The van der Waals surface area contributed by atoms with E-state index in [0.29, 0.717) is 23.2 Å². The number of halogens is 1. The van der Waals surface area contributed by atoms with Crippen molar-refractivity contribution in [3.8, 4) is 0 Å². The molecule has 0 N–H and O–H groups in total. The minimum atomic E-state index is -1.03. The van der Waals surface area contributed by atoms with Crippen LogP contribution in [-0.2, 0) is 9.53 Å². The maximum atomic E-state index is 14.0. The SMILES string of the molecule is CC(=O)O[C@H]1CC[C@@]2(C)C(=CC[C@H]3[C@@H]4CC[C@H]([C@H](C)CCCC(C)(C)F)[C@@]4(C)CC[C@@H]32)C1. The van der Waals surface area contributed by atoms with Crippen molar-refractivity contribution >= 4 is 5.97 Å². The number of allylic oxidation sites excluding steroid dienone is 1. The van der Waals surface area contributed by atoms with E-state index in [1.54, 1.807) is 19.4 Å². The zero-order valence-corrected chi connectivity index (χ0v) is 21.5. The second-order valence-corrected chi connectivity index (χ2v) is 13.1. The minimum absolute atomic E-state index is 0.0863. The van der Waals surface area contributed by atoms with Gasteiger partial charge in [0, 0.05) is 13.3 Å². The average Bonchev–Trinajstić information content (AvgIpc) is 3.04. The van der Waals surface area contributed by atoms with Gasteiger partial charge in [-0.15, -0.1) is 0 Å². The molecule has 0 spiro atoms. The molecule has 3 heteroatoms. The molecule has 0 saturated heterocycles. The monoisotopic (exact) mass is 446 g/mol. The summed E-state index contributed by atoms with van der Waals surface area (Å²) in [4.78, 5) is 11.5. The number of ether oxygens (including phenoxy) is 1. The zero-order valence-electron chi connectivity index (χ0n) is 21.5. The second-order valence-electron chi connectivity index (χ2n) is 13.1. The molecule has 3 fully saturated rings. The van der Waals surface area contributed by atoms with E-state index in [0.717, 1.165) is 42.9 Å². The average molecular weight is 447 g/mol. The van der Waals surface area contributed by atoms with Crippen molar-refractivity contribution in [2.24, 2.45) is 40.4 Å². The van der Waals surface area contributed by atoms with Crippen LogP contribution in [0.2, 0.25) is 0 Å². The lowest BCUT2D eigenvalue weighted by molar-refractivity contribution is -0.148. The summed E-state index contributed by atoms with van der Waals surface area (Å²) in [6.07, 6.45) is 15.3. The first-order chi connectivity index (χ1) is 14.9. The molecule has 32 heavy (non-hydrogen) atoms. The Kier molecular flexibility index (Phi) is 6.62. The highest BCUT2D eigenvalue weighted by atomic mass is 19.1. The zero-order chi connectivity index (χ0) is 23.3.